The molecule has 13 heteroatoms. The van der Waals surface area contributed by atoms with E-state index in [1.807, 2.05) is 0 Å². The summed E-state index contributed by atoms with van der Waals surface area (Å²) in [5.41, 5.74) is 0. The van der Waals surface area contributed by atoms with Crippen molar-refractivity contribution in [2.75, 3.05) is 26.3 Å². The van der Waals surface area contributed by atoms with E-state index in [-0.39, 0.29) is 36.0 Å². The fourth-order valence-electron chi connectivity index (χ4n) is 2.42. The Kier molecular flexibility index (Phi) is 10.2. The average molecular weight is 509 g/mol. The number of nitrogens with one attached hydrogen (secondary N) is 2. The summed E-state index contributed by atoms with van der Waals surface area (Å²) in [5.74, 6) is -1.88. The Morgan fingerprint density at radius 3 is 2.12 bits per heavy atom. The van der Waals surface area contributed by atoms with Gasteiger partial charge in [0.2, 0.25) is 0 Å². The van der Waals surface area contributed by atoms with Crippen LogP contribution in [0.2, 0.25) is 5.02 Å². The first-order valence-corrected chi connectivity index (χ1v) is 10.2. The van der Waals surface area contributed by atoms with Crippen molar-refractivity contribution >= 4 is 23.4 Å². The first kappa shape index (κ1) is 27.0. The van der Waals surface area contributed by atoms with Gasteiger partial charge in [0.25, 0.3) is 11.8 Å². The molecule has 0 fully saturated rings. The van der Waals surface area contributed by atoms with Crippen LogP contribution in [0.5, 0.6) is 17.2 Å². The van der Waals surface area contributed by atoms with Crippen molar-refractivity contribution in [3.8, 4) is 17.2 Å². The lowest BCUT2D eigenvalue weighted by molar-refractivity contribution is -0.274. The third kappa shape index (κ3) is 10.6. The smallest absolute Gasteiger partial charge is 0.484 e. The molecule has 0 aromatic heterocycles. The van der Waals surface area contributed by atoms with Gasteiger partial charge in [0, 0.05) is 19.2 Å². The largest absolute Gasteiger partial charge is 0.573 e. The number of halogens is 5. The van der Waals surface area contributed by atoms with Gasteiger partial charge in [-0.1, -0.05) is 11.6 Å². The highest BCUT2D eigenvalue weighted by atomic mass is 35.5. The van der Waals surface area contributed by atoms with E-state index in [2.05, 4.69) is 15.4 Å². The summed E-state index contributed by atoms with van der Waals surface area (Å²) < 4.78 is 63.7. The number of benzene rings is 2. The fraction of sp³-hybridized carbons (Fsp3) is 0.333. The molecule has 0 aliphatic heterocycles. The van der Waals surface area contributed by atoms with Crippen LogP contribution < -0.4 is 24.8 Å². The van der Waals surface area contributed by atoms with Crippen LogP contribution in [0, 0.1) is 5.82 Å². The number of aliphatic hydroxyl groups excluding tert-OH is 1. The summed E-state index contributed by atoms with van der Waals surface area (Å²) in [6, 6.07) is 8.25. The summed E-state index contributed by atoms with van der Waals surface area (Å²) in [6.45, 7) is -0.811. The normalized spacial score (nSPS) is 11.9. The lowest BCUT2D eigenvalue weighted by Crippen LogP contribution is -2.37. The van der Waals surface area contributed by atoms with Crippen LogP contribution in [-0.4, -0.2) is 55.7 Å². The zero-order valence-electron chi connectivity index (χ0n) is 17.5. The van der Waals surface area contributed by atoms with Crippen molar-refractivity contribution in [3.63, 3.8) is 0 Å². The number of ether oxygens (including phenoxy) is 3. The van der Waals surface area contributed by atoms with Gasteiger partial charge in [-0.15, -0.1) is 13.2 Å². The highest BCUT2D eigenvalue weighted by Gasteiger charge is 2.31. The van der Waals surface area contributed by atoms with Gasteiger partial charge in [-0.05, 0) is 42.8 Å². The highest BCUT2D eigenvalue weighted by molar-refractivity contribution is 6.30. The predicted octanol–water partition coefficient (Wildman–Crippen LogP) is 2.82. The second-order valence-corrected chi connectivity index (χ2v) is 7.18. The van der Waals surface area contributed by atoms with E-state index in [0.717, 1.165) is 18.2 Å². The Bertz CT molecular complexity index is 959. The van der Waals surface area contributed by atoms with Crippen LogP contribution in [-0.2, 0) is 9.59 Å². The molecule has 2 rings (SSSR count). The average Bonchev–Trinajstić information content (AvgIpc) is 2.77. The molecule has 0 radical (unpaired) electrons. The van der Waals surface area contributed by atoms with Gasteiger partial charge in [-0.3, -0.25) is 9.59 Å². The minimum atomic E-state index is -4.80. The Labute approximate surface area is 196 Å². The molecule has 34 heavy (non-hydrogen) atoms. The van der Waals surface area contributed by atoms with Crippen LogP contribution in [0.1, 0.15) is 6.42 Å². The number of amides is 2. The van der Waals surface area contributed by atoms with Crippen LogP contribution >= 0.6 is 11.6 Å². The van der Waals surface area contributed by atoms with Gasteiger partial charge in [-0.25, -0.2) is 4.39 Å². The number of aliphatic hydroxyl groups is 1. The lowest BCUT2D eigenvalue weighted by Gasteiger charge is -2.13. The molecular formula is C21H21ClF4N2O6. The maximum Gasteiger partial charge on any atom is 0.573 e. The molecule has 0 bridgehead atoms. The van der Waals surface area contributed by atoms with Gasteiger partial charge >= 0.3 is 6.36 Å². The van der Waals surface area contributed by atoms with E-state index >= 15 is 0 Å². The van der Waals surface area contributed by atoms with E-state index in [1.54, 1.807) is 0 Å². The Balaban J connectivity index is 1.57. The fourth-order valence-corrected chi connectivity index (χ4v) is 2.53. The lowest BCUT2D eigenvalue weighted by atomic mass is 10.2. The molecule has 3 N–H and O–H groups in total. The second-order valence-electron chi connectivity index (χ2n) is 6.77. The quantitative estimate of drug-likeness (QED) is 0.381. The van der Waals surface area contributed by atoms with Gasteiger partial charge in [0.05, 0.1) is 11.1 Å². The maximum atomic E-state index is 13.3. The molecule has 0 saturated carbocycles. The SMILES string of the molecule is O=C(COc1ccc(OC(F)(F)F)cc1)NCC[C@H](O)CNC(=O)COc1ccc(Cl)c(F)c1. The minimum Gasteiger partial charge on any atom is -0.484 e. The van der Waals surface area contributed by atoms with Gasteiger partial charge < -0.3 is 30.0 Å². The van der Waals surface area contributed by atoms with Gasteiger partial charge in [0.15, 0.2) is 13.2 Å². The van der Waals surface area contributed by atoms with Crippen molar-refractivity contribution < 1.29 is 46.5 Å². The molecule has 1 atom stereocenters. The van der Waals surface area contributed by atoms with Crippen LogP contribution in [0.25, 0.3) is 0 Å². The zero-order chi connectivity index (χ0) is 25.1. The van der Waals surface area contributed by atoms with Crippen LogP contribution in [0.4, 0.5) is 17.6 Å². The number of alkyl halides is 3. The van der Waals surface area contributed by atoms with Crippen molar-refractivity contribution in [2.45, 2.75) is 18.9 Å². The molecule has 2 aromatic rings. The minimum absolute atomic E-state index is 0.0767. The molecule has 8 nitrogen and oxygen atoms in total. The Morgan fingerprint density at radius 1 is 0.941 bits per heavy atom. The molecule has 0 spiro atoms. The van der Waals surface area contributed by atoms with Crippen LogP contribution in [0.3, 0.4) is 0 Å². The molecule has 0 heterocycles. The van der Waals surface area contributed by atoms with Crippen molar-refractivity contribution in [3.05, 3.63) is 53.3 Å². The van der Waals surface area contributed by atoms with Crippen molar-refractivity contribution in [2.24, 2.45) is 0 Å². The van der Waals surface area contributed by atoms with Crippen molar-refractivity contribution in [1.82, 2.24) is 10.6 Å². The topological polar surface area (TPSA) is 106 Å². The van der Waals surface area contributed by atoms with Gasteiger partial charge in [-0.2, -0.15) is 0 Å². The molecule has 186 valence electrons. The summed E-state index contributed by atoms with van der Waals surface area (Å²) >= 11 is 5.55. The van der Waals surface area contributed by atoms with E-state index in [4.69, 9.17) is 21.1 Å². The first-order valence-electron chi connectivity index (χ1n) is 9.80. The van der Waals surface area contributed by atoms with E-state index in [9.17, 15) is 32.3 Å². The van der Waals surface area contributed by atoms with E-state index < -0.39 is 49.1 Å². The number of hydrogen-bond donors (Lipinski definition) is 3. The molecule has 2 aromatic carbocycles. The first-order chi connectivity index (χ1) is 16.0. The summed E-state index contributed by atoms with van der Waals surface area (Å²) in [4.78, 5) is 23.5. The van der Waals surface area contributed by atoms with Crippen molar-refractivity contribution in [1.29, 1.82) is 0 Å². The number of carbonyl (C=O) groups is 2. The van der Waals surface area contributed by atoms with Gasteiger partial charge in [0.1, 0.15) is 23.1 Å². The molecule has 0 aliphatic carbocycles. The number of hydrogen-bond acceptors (Lipinski definition) is 6. The third-order valence-electron chi connectivity index (χ3n) is 4.02. The summed E-state index contributed by atoms with van der Waals surface area (Å²) in [7, 11) is 0. The van der Waals surface area contributed by atoms with Crippen LogP contribution in [0.15, 0.2) is 42.5 Å². The standard InChI is InChI=1S/C21H21ClF4N2O6/c22-17-6-5-16(9-18(17)23)33-12-20(31)28-10-13(29)7-8-27-19(30)11-32-14-1-3-15(4-2-14)34-21(24,25)26/h1-6,9,13,29H,7-8,10-12H2,(H,27,30)(H,28,31)/t13-/m0/s1. The Hall–Kier alpha value is -3.25. The third-order valence-corrected chi connectivity index (χ3v) is 4.33. The zero-order valence-corrected chi connectivity index (χ0v) is 18.3. The predicted molar refractivity (Wildman–Crippen MR) is 112 cm³/mol. The number of carbonyl (C=O) groups excluding carboxylic acids is 2. The van der Waals surface area contributed by atoms with E-state index in [1.165, 1.54) is 24.3 Å². The molecule has 0 saturated heterocycles. The molecule has 0 unspecified atom stereocenters. The highest BCUT2D eigenvalue weighted by Crippen LogP contribution is 2.24. The second kappa shape index (κ2) is 12.8. The molecular weight excluding hydrogens is 488 g/mol. The van der Waals surface area contributed by atoms with E-state index in [0.29, 0.717) is 0 Å². The summed E-state index contributed by atoms with van der Waals surface area (Å²) in [5, 5.41) is 14.7. The number of rotatable bonds is 12. The maximum absolute atomic E-state index is 13.3. The molecule has 2 amide bonds. The Morgan fingerprint density at radius 2 is 1.50 bits per heavy atom. The monoisotopic (exact) mass is 508 g/mol. The summed E-state index contributed by atoms with van der Waals surface area (Å²) in [6.07, 6.45) is -5.64. The molecule has 0 aliphatic rings.